The van der Waals surface area contributed by atoms with E-state index >= 15 is 0 Å². The first-order valence-electron chi connectivity index (χ1n) is 11.2. The lowest BCUT2D eigenvalue weighted by atomic mass is 10.1. The molecule has 1 aliphatic heterocycles. The molecule has 0 spiro atoms. The lowest BCUT2D eigenvalue weighted by Crippen LogP contribution is -2.33. The SMILES string of the molecule is O=P(O)(O)CP(=O)(O)OCC1OC(c2cnc3c(N[C@@H]4CCc5ccccc54)nc(Cl)nn23)C(O)C1O. The van der Waals surface area contributed by atoms with Crippen LogP contribution in [0.1, 0.15) is 35.4 Å². The quantitative estimate of drug-likeness (QED) is 0.210. The Kier molecular flexibility index (Phi) is 7.18. The first-order valence-corrected chi connectivity index (χ1v) is 15.1. The van der Waals surface area contributed by atoms with Gasteiger partial charge in [-0.15, -0.1) is 5.10 Å². The Bertz CT molecular complexity index is 1420. The van der Waals surface area contributed by atoms with Crippen molar-refractivity contribution in [3.63, 3.8) is 0 Å². The van der Waals surface area contributed by atoms with Crippen molar-refractivity contribution in [1.29, 1.82) is 0 Å². The summed E-state index contributed by atoms with van der Waals surface area (Å²) in [5.74, 6) is -1.03. The number of aliphatic hydroxyl groups is 2. The molecule has 200 valence electrons. The smallest absolute Gasteiger partial charge is 0.340 e. The van der Waals surface area contributed by atoms with Crippen molar-refractivity contribution in [1.82, 2.24) is 19.6 Å². The average molecular weight is 576 g/mol. The lowest BCUT2D eigenvalue weighted by Gasteiger charge is -2.18. The molecule has 1 fully saturated rings. The summed E-state index contributed by atoms with van der Waals surface area (Å²) in [7, 11) is -9.51. The zero-order valence-corrected chi connectivity index (χ0v) is 21.6. The molecule has 3 heterocycles. The number of hydrogen-bond acceptors (Lipinski definition) is 10. The van der Waals surface area contributed by atoms with E-state index in [4.69, 9.17) is 30.6 Å². The molecule has 2 aliphatic rings. The highest BCUT2D eigenvalue weighted by molar-refractivity contribution is 7.70. The van der Waals surface area contributed by atoms with Crippen LogP contribution >= 0.6 is 26.8 Å². The van der Waals surface area contributed by atoms with Gasteiger partial charge in [-0.2, -0.15) is 4.98 Å². The van der Waals surface area contributed by atoms with Gasteiger partial charge in [0.25, 0.3) is 0 Å². The van der Waals surface area contributed by atoms with E-state index in [1.165, 1.54) is 16.3 Å². The molecule has 0 bridgehead atoms. The summed E-state index contributed by atoms with van der Waals surface area (Å²) in [6, 6.07) is 8.03. The van der Waals surface area contributed by atoms with Gasteiger partial charge < -0.3 is 39.5 Å². The Morgan fingerprint density at radius 1 is 1.19 bits per heavy atom. The fraction of sp³-hybridized carbons (Fsp3) is 0.450. The highest BCUT2D eigenvalue weighted by Crippen LogP contribution is 2.55. The van der Waals surface area contributed by atoms with Gasteiger partial charge in [-0.05, 0) is 35.6 Å². The van der Waals surface area contributed by atoms with Crippen molar-refractivity contribution < 1.29 is 43.3 Å². The van der Waals surface area contributed by atoms with Gasteiger partial charge >= 0.3 is 15.2 Å². The second-order valence-electron chi connectivity index (χ2n) is 8.90. The van der Waals surface area contributed by atoms with Crippen LogP contribution in [0.25, 0.3) is 5.65 Å². The third-order valence-corrected chi connectivity index (χ3v) is 9.88. The topological polar surface area (TPSA) is 209 Å². The van der Waals surface area contributed by atoms with Gasteiger partial charge in [-0.25, -0.2) is 9.50 Å². The van der Waals surface area contributed by atoms with E-state index in [-0.39, 0.29) is 17.0 Å². The number of aromatic nitrogens is 4. The maximum absolute atomic E-state index is 11.9. The third kappa shape index (κ3) is 5.59. The largest absolute Gasteiger partial charge is 0.387 e. The molecule has 3 aromatic rings. The molecule has 1 aromatic carbocycles. The molecule has 37 heavy (non-hydrogen) atoms. The van der Waals surface area contributed by atoms with Crippen molar-refractivity contribution in [3.8, 4) is 0 Å². The summed E-state index contributed by atoms with van der Waals surface area (Å²) in [5, 5.41) is 28.5. The Labute approximate surface area is 214 Å². The number of rotatable bonds is 8. The maximum atomic E-state index is 11.9. The van der Waals surface area contributed by atoms with E-state index in [2.05, 4.69) is 26.4 Å². The minimum Gasteiger partial charge on any atom is -0.387 e. The van der Waals surface area contributed by atoms with Crippen LogP contribution in [0.3, 0.4) is 0 Å². The number of nitrogens with one attached hydrogen (secondary N) is 1. The van der Waals surface area contributed by atoms with Crippen LogP contribution in [0.5, 0.6) is 0 Å². The number of fused-ring (bicyclic) bond motifs is 2. The van der Waals surface area contributed by atoms with Crippen molar-refractivity contribution in [2.24, 2.45) is 0 Å². The minimum absolute atomic E-state index is 0.0230. The Balaban J connectivity index is 1.37. The lowest BCUT2D eigenvalue weighted by molar-refractivity contribution is -0.0204. The van der Waals surface area contributed by atoms with Crippen LogP contribution in [0, 0.1) is 0 Å². The minimum atomic E-state index is -4.83. The monoisotopic (exact) mass is 575 g/mol. The van der Waals surface area contributed by atoms with Crippen LogP contribution < -0.4 is 5.32 Å². The molecule has 0 saturated carbocycles. The van der Waals surface area contributed by atoms with Gasteiger partial charge in [0, 0.05) is 0 Å². The van der Waals surface area contributed by atoms with E-state index in [1.54, 1.807) is 0 Å². The molecule has 2 aromatic heterocycles. The molecular weight excluding hydrogens is 552 g/mol. The van der Waals surface area contributed by atoms with Crippen molar-refractivity contribution in [2.75, 3.05) is 17.8 Å². The molecule has 5 unspecified atom stereocenters. The van der Waals surface area contributed by atoms with Gasteiger partial charge in [0.2, 0.25) is 5.28 Å². The molecule has 17 heteroatoms. The molecule has 5 rings (SSSR count). The van der Waals surface area contributed by atoms with Crippen LogP contribution in [-0.4, -0.2) is 75.3 Å². The standard InChI is InChI=1S/C20H24ClN5O9P2/c21-20-24-18(23-12-6-5-10-3-1-2-4-11(10)12)19-22-7-13(26(19)25-20)17-16(28)15(27)14(35-17)8-34-37(32,33)9-36(29,30)31/h1-4,7,12,14-17,27-28H,5-6,8-9H2,(H,32,33)(H,23,24,25)(H2,29,30,31)/t12-,14?,15?,16?,17?/m1/s1. The highest BCUT2D eigenvalue weighted by Gasteiger charge is 2.46. The fourth-order valence-corrected chi connectivity index (χ4v) is 7.36. The molecule has 0 amide bonds. The van der Waals surface area contributed by atoms with Crippen molar-refractivity contribution in [2.45, 2.75) is 43.3 Å². The summed E-state index contributed by atoms with van der Waals surface area (Å²) >= 11 is 6.19. The molecule has 0 radical (unpaired) electrons. The van der Waals surface area contributed by atoms with Crippen molar-refractivity contribution in [3.05, 3.63) is 52.6 Å². The number of aryl methyl sites for hydroxylation is 1. The van der Waals surface area contributed by atoms with Crippen LogP contribution in [-0.2, 0) is 24.8 Å². The van der Waals surface area contributed by atoms with E-state index in [9.17, 15) is 24.2 Å². The molecule has 14 nitrogen and oxygen atoms in total. The van der Waals surface area contributed by atoms with Gasteiger partial charge in [0.15, 0.2) is 17.4 Å². The summed E-state index contributed by atoms with van der Waals surface area (Å²) in [6.07, 6.45) is -2.38. The molecule has 1 aliphatic carbocycles. The number of aliphatic hydroxyl groups excluding tert-OH is 2. The Hall–Kier alpha value is -1.96. The van der Waals surface area contributed by atoms with Gasteiger partial charge in [0.05, 0.1) is 24.5 Å². The predicted molar refractivity (Wildman–Crippen MR) is 129 cm³/mol. The third-order valence-electron chi connectivity index (χ3n) is 6.26. The van der Waals surface area contributed by atoms with E-state index in [0.717, 1.165) is 18.4 Å². The number of ether oxygens (including phenoxy) is 1. The second-order valence-corrected chi connectivity index (χ2v) is 13.2. The molecule has 1 saturated heterocycles. The average Bonchev–Trinajstić information content (AvgIpc) is 3.48. The normalized spacial score (nSPS) is 27.4. The predicted octanol–water partition coefficient (Wildman–Crippen LogP) is 1.38. The van der Waals surface area contributed by atoms with E-state index in [0.29, 0.717) is 11.5 Å². The van der Waals surface area contributed by atoms with Gasteiger partial charge in [0.1, 0.15) is 24.4 Å². The highest BCUT2D eigenvalue weighted by atomic mass is 35.5. The summed E-state index contributed by atoms with van der Waals surface area (Å²) < 4.78 is 34.7. The summed E-state index contributed by atoms with van der Waals surface area (Å²) in [4.78, 5) is 36.2. The molecular formula is C20H24ClN5O9P2. The first-order chi connectivity index (χ1) is 17.4. The van der Waals surface area contributed by atoms with Crippen LogP contribution in [0.15, 0.2) is 30.5 Å². The van der Waals surface area contributed by atoms with Gasteiger partial charge in [-0.1, -0.05) is 24.3 Å². The maximum Gasteiger partial charge on any atom is 0.340 e. The number of halogens is 1. The second kappa shape index (κ2) is 9.97. The number of hydrogen-bond donors (Lipinski definition) is 6. The fourth-order valence-electron chi connectivity index (χ4n) is 4.63. The van der Waals surface area contributed by atoms with E-state index < -0.39 is 52.1 Å². The zero-order chi connectivity index (χ0) is 26.5. The van der Waals surface area contributed by atoms with Crippen LogP contribution in [0.2, 0.25) is 5.28 Å². The molecule has 6 N–H and O–H groups in total. The van der Waals surface area contributed by atoms with Crippen LogP contribution in [0.4, 0.5) is 5.82 Å². The number of benzene rings is 1. The number of nitrogens with zero attached hydrogens (tertiary/aromatic N) is 4. The first kappa shape index (κ1) is 26.6. The Morgan fingerprint density at radius 3 is 2.70 bits per heavy atom. The van der Waals surface area contributed by atoms with Crippen molar-refractivity contribution >= 4 is 38.3 Å². The Morgan fingerprint density at radius 2 is 1.95 bits per heavy atom. The number of imidazole rings is 1. The van der Waals surface area contributed by atoms with E-state index in [1.807, 2.05) is 18.2 Å². The molecule has 6 atom stereocenters. The number of anilines is 1. The zero-order valence-electron chi connectivity index (χ0n) is 19.0. The van der Waals surface area contributed by atoms with Gasteiger partial charge in [-0.3, -0.25) is 9.13 Å². The summed E-state index contributed by atoms with van der Waals surface area (Å²) in [6.45, 7) is -0.705. The summed E-state index contributed by atoms with van der Waals surface area (Å²) in [5.41, 5.74) is 2.90.